The summed E-state index contributed by atoms with van der Waals surface area (Å²) in [4.78, 5) is 12.4. The molecular weight excluding hydrogens is 324 g/mol. The lowest BCUT2D eigenvalue weighted by molar-refractivity contribution is 0.102. The number of anilines is 1. The number of carbonyl (C=O) groups is 1. The summed E-state index contributed by atoms with van der Waals surface area (Å²) >= 11 is 0. The second-order valence-corrected chi connectivity index (χ2v) is 5.54. The Bertz CT molecular complexity index is 876. The molecule has 0 aliphatic carbocycles. The summed E-state index contributed by atoms with van der Waals surface area (Å²) in [5.41, 5.74) is 8.50. The van der Waals surface area contributed by atoms with E-state index in [1.165, 1.54) is 0 Å². The Labute approximate surface area is 146 Å². The van der Waals surface area contributed by atoms with Crippen LogP contribution in [0.4, 0.5) is 5.69 Å². The van der Waals surface area contributed by atoms with Gasteiger partial charge in [-0.1, -0.05) is 35.9 Å². The first-order chi connectivity index (χ1) is 11.1. The fourth-order valence-corrected chi connectivity index (χ4v) is 2.52. The molecule has 0 fully saturated rings. The van der Waals surface area contributed by atoms with E-state index in [2.05, 4.69) is 5.32 Å². The van der Waals surface area contributed by atoms with E-state index in [1.807, 2.05) is 43.3 Å². The van der Waals surface area contributed by atoms with Crippen LogP contribution < -0.4 is 11.1 Å². The van der Waals surface area contributed by atoms with Crippen molar-refractivity contribution in [3.8, 4) is 5.75 Å². The third kappa shape index (κ3) is 3.50. The summed E-state index contributed by atoms with van der Waals surface area (Å²) in [6, 6.07) is 16.6. The minimum Gasteiger partial charge on any atom is -0.506 e. The topological polar surface area (TPSA) is 75.4 Å². The molecule has 0 atom stereocenters. The van der Waals surface area contributed by atoms with Crippen LogP contribution in [0.2, 0.25) is 0 Å². The molecule has 0 spiro atoms. The van der Waals surface area contributed by atoms with Crippen molar-refractivity contribution in [1.82, 2.24) is 0 Å². The molecule has 0 bridgehead atoms. The number of phenols is 1. The van der Waals surface area contributed by atoms with Gasteiger partial charge in [-0.3, -0.25) is 4.79 Å². The van der Waals surface area contributed by atoms with E-state index in [-0.39, 0.29) is 29.6 Å². The fraction of sp³-hybridized carbons (Fsp3) is 0.105. The molecule has 5 heteroatoms. The number of fused-ring (bicyclic) bond motifs is 1. The SMILES string of the molecule is Cc1ccc2ccc(C(=O)Nc3ccc(CN)cc3)c(O)c2c1.Cl. The molecule has 0 aliphatic rings. The van der Waals surface area contributed by atoms with Crippen molar-refractivity contribution in [2.75, 3.05) is 5.32 Å². The zero-order chi connectivity index (χ0) is 16.4. The first-order valence-corrected chi connectivity index (χ1v) is 7.41. The number of rotatable bonds is 3. The maximum absolute atomic E-state index is 12.4. The van der Waals surface area contributed by atoms with E-state index in [0.717, 1.165) is 16.5 Å². The number of hydrogen-bond acceptors (Lipinski definition) is 3. The summed E-state index contributed by atoms with van der Waals surface area (Å²) < 4.78 is 0. The highest BCUT2D eigenvalue weighted by Gasteiger charge is 2.14. The van der Waals surface area contributed by atoms with Gasteiger partial charge < -0.3 is 16.2 Å². The Morgan fingerprint density at radius 1 is 1.08 bits per heavy atom. The van der Waals surface area contributed by atoms with E-state index in [4.69, 9.17) is 5.73 Å². The lowest BCUT2D eigenvalue weighted by atomic mass is 10.0. The number of benzene rings is 3. The standard InChI is InChI=1S/C19H18N2O2.ClH/c1-12-2-5-14-6-9-16(18(22)17(14)10-12)19(23)21-15-7-3-13(11-20)4-8-15;/h2-10,22H,11,20H2,1H3,(H,21,23);1H. The summed E-state index contributed by atoms with van der Waals surface area (Å²) in [5, 5.41) is 14.8. The van der Waals surface area contributed by atoms with E-state index in [9.17, 15) is 9.90 Å². The molecule has 0 saturated heterocycles. The Kier molecular flexibility index (Phi) is 5.44. The number of aryl methyl sites for hydroxylation is 1. The monoisotopic (exact) mass is 342 g/mol. The normalized spacial score (nSPS) is 10.2. The van der Waals surface area contributed by atoms with Gasteiger partial charge >= 0.3 is 0 Å². The molecular formula is C19H19ClN2O2. The van der Waals surface area contributed by atoms with Crippen molar-refractivity contribution in [2.45, 2.75) is 13.5 Å². The largest absolute Gasteiger partial charge is 0.506 e. The molecule has 1 amide bonds. The first-order valence-electron chi connectivity index (χ1n) is 7.41. The quantitative estimate of drug-likeness (QED) is 0.673. The van der Waals surface area contributed by atoms with Gasteiger partial charge in [-0.2, -0.15) is 0 Å². The minimum atomic E-state index is -0.341. The van der Waals surface area contributed by atoms with Crippen molar-refractivity contribution in [3.63, 3.8) is 0 Å². The van der Waals surface area contributed by atoms with E-state index in [1.54, 1.807) is 18.2 Å². The second kappa shape index (κ2) is 7.34. The van der Waals surface area contributed by atoms with Gasteiger partial charge in [0.2, 0.25) is 0 Å². The lowest BCUT2D eigenvalue weighted by Crippen LogP contribution is -2.12. The predicted octanol–water partition coefficient (Wildman–Crippen LogP) is 3.99. The van der Waals surface area contributed by atoms with E-state index < -0.39 is 0 Å². The van der Waals surface area contributed by atoms with Crippen LogP contribution in [0.1, 0.15) is 21.5 Å². The number of nitrogens with one attached hydrogen (secondary N) is 1. The summed E-state index contributed by atoms with van der Waals surface area (Å²) in [7, 11) is 0. The molecule has 0 saturated carbocycles. The Morgan fingerprint density at radius 2 is 1.75 bits per heavy atom. The molecule has 4 nitrogen and oxygen atoms in total. The number of hydrogen-bond donors (Lipinski definition) is 3. The number of aromatic hydroxyl groups is 1. The molecule has 0 unspecified atom stereocenters. The first kappa shape index (κ1) is 17.8. The third-order valence-corrected chi connectivity index (χ3v) is 3.84. The predicted molar refractivity (Wildman–Crippen MR) is 99.9 cm³/mol. The maximum Gasteiger partial charge on any atom is 0.259 e. The molecule has 3 aromatic rings. The zero-order valence-corrected chi connectivity index (χ0v) is 14.1. The molecule has 124 valence electrons. The highest BCUT2D eigenvalue weighted by atomic mass is 35.5. The van der Waals surface area contributed by atoms with Crippen molar-refractivity contribution < 1.29 is 9.90 Å². The highest BCUT2D eigenvalue weighted by Crippen LogP contribution is 2.30. The van der Waals surface area contributed by atoms with Crippen LogP contribution in [0.5, 0.6) is 5.75 Å². The van der Waals surface area contributed by atoms with Gasteiger partial charge in [0.1, 0.15) is 5.75 Å². The Morgan fingerprint density at radius 3 is 2.42 bits per heavy atom. The van der Waals surface area contributed by atoms with Crippen LogP contribution >= 0.6 is 12.4 Å². The van der Waals surface area contributed by atoms with Crippen molar-refractivity contribution in [3.05, 3.63) is 71.3 Å². The Hall–Kier alpha value is -2.56. The third-order valence-electron chi connectivity index (χ3n) is 3.84. The van der Waals surface area contributed by atoms with Crippen LogP contribution in [0.3, 0.4) is 0 Å². The number of halogens is 1. The Balaban J connectivity index is 0.00000208. The summed E-state index contributed by atoms with van der Waals surface area (Å²) in [6.07, 6.45) is 0. The summed E-state index contributed by atoms with van der Waals surface area (Å²) in [5.74, 6) is -0.339. The van der Waals surface area contributed by atoms with Gasteiger partial charge in [0, 0.05) is 17.6 Å². The zero-order valence-electron chi connectivity index (χ0n) is 13.2. The van der Waals surface area contributed by atoms with Crippen molar-refractivity contribution in [1.29, 1.82) is 0 Å². The van der Waals surface area contributed by atoms with Gasteiger partial charge in [-0.25, -0.2) is 0 Å². The van der Waals surface area contributed by atoms with Gasteiger partial charge in [-0.15, -0.1) is 12.4 Å². The number of amides is 1. The van der Waals surface area contributed by atoms with Crippen molar-refractivity contribution in [2.24, 2.45) is 5.73 Å². The molecule has 3 rings (SSSR count). The highest BCUT2D eigenvalue weighted by molar-refractivity contribution is 6.09. The number of nitrogens with two attached hydrogens (primary N) is 1. The average molecular weight is 343 g/mol. The number of phenolic OH excluding ortho intramolecular Hbond substituents is 1. The van der Waals surface area contributed by atoms with Crippen molar-refractivity contribution >= 4 is 34.8 Å². The van der Waals surface area contributed by atoms with Crippen LogP contribution in [0.25, 0.3) is 10.8 Å². The van der Waals surface area contributed by atoms with Gasteiger partial charge in [0.05, 0.1) is 5.56 Å². The minimum absolute atomic E-state index is 0. The fourth-order valence-electron chi connectivity index (χ4n) is 2.52. The smallest absolute Gasteiger partial charge is 0.259 e. The average Bonchev–Trinajstić information content (AvgIpc) is 2.56. The summed E-state index contributed by atoms with van der Waals surface area (Å²) in [6.45, 7) is 2.41. The second-order valence-electron chi connectivity index (χ2n) is 5.54. The number of carbonyl (C=O) groups excluding carboxylic acids is 1. The van der Waals surface area contributed by atoms with Crippen LogP contribution in [0.15, 0.2) is 54.6 Å². The van der Waals surface area contributed by atoms with Crippen LogP contribution in [0, 0.1) is 6.92 Å². The van der Waals surface area contributed by atoms with Crippen LogP contribution in [-0.4, -0.2) is 11.0 Å². The molecule has 0 aliphatic heterocycles. The molecule has 24 heavy (non-hydrogen) atoms. The lowest BCUT2D eigenvalue weighted by Gasteiger charge is -2.10. The van der Waals surface area contributed by atoms with Gasteiger partial charge in [0.15, 0.2) is 0 Å². The maximum atomic E-state index is 12.4. The molecule has 3 aromatic carbocycles. The van der Waals surface area contributed by atoms with E-state index >= 15 is 0 Å². The molecule has 4 N–H and O–H groups in total. The van der Waals surface area contributed by atoms with Crippen LogP contribution in [-0.2, 0) is 6.54 Å². The van der Waals surface area contributed by atoms with Gasteiger partial charge in [-0.05, 0) is 42.1 Å². The molecule has 0 radical (unpaired) electrons. The van der Waals surface area contributed by atoms with E-state index in [0.29, 0.717) is 17.6 Å². The van der Waals surface area contributed by atoms with Gasteiger partial charge in [0.25, 0.3) is 5.91 Å². The molecule has 0 aromatic heterocycles. The molecule has 0 heterocycles.